The molecule has 1 aliphatic rings. The second kappa shape index (κ2) is 4.64. The lowest BCUT2D eigenvalue weighted by Crippen LogP contribution is -2.35. The van der Waals surface area contributed by atoms with Gasteiger partial charge in [0.1, 0.15) is 0 Å². The SMILES string of the molecule is Cc1ccc(S(=O)(=O)N(C)CC2(CN)CC2)cc1. The molecule has 0 heterocycles. The standard InChI is InChI=1S/C13H20N2O2S/c1-11-3-5-12(6-4-11)18(16,17)15(2)10-13(9-14)7-8-13/h3-6H,7-10,14H2,1-2H3. The highest BCUT2D eigenvalue weighted by atomic mass is 32.2. The van der Waals surface area contributed by atoms with Crippen molar-refractivity contribution in [1.29, 1.82) is 0 Å². The summed E-state index contributed by atoms with van der Waals surface area (Å²) < 4.78 is 26.1. The van der Waals surface area contributed by atoms with Crippen LogP contribution in [0.25, 0.3) is 0 Å². The summed E-state index contributed by atoms with van der Waals surface area (Å²) in [5.41, 5.74) is 6.77. The molecule has 0 saturated heterocycles. The van der Waals surface area contributed by atoms with Crippen LogP contribution < -0.4 is 5.73 Å². The number of hydrogen-bond donors (Lipinski definition) is 1. The van der Waals surface area contributed by atoms with Crippen molar-refractivity contribution in [3.63, 3.8) is 0 Å². The maximum Gasteiger partial charge on any atom is 0.242 e. The van der Waals surface area contributed by atoms with E-state index >= 15 is 0 Å². The van der Waals surface area contributed by atoms with Crippen molar-refractivity contribution in [2.45, 2.75) is 24.7 Å². The lowest BCUT2D eigenvalue weighted by molar-refractivity contribution is 0.371. The maximum atomic E-state index is 12.3. The molecule has 0 bridgehead atoms. The summed E-state index contributed by atoms with van der Waals surface area (Å²) in [5, 5.41) is 0. The molecule has 0 aliphatic heterocycles. The number of sulfonamides is 1. The fourth-order valence-corrected chi connectivity index (χ4v) is 3.33. The predicted molar refractivity (Wildman–Crippen MR) is 71.7 cm³/mol. The molecule has 0 radical (unpaired) electrons. The van der Waals surface area contributed by atoms with Crippen LogP contribution in [0, 0.1) is 12.3 Å². The predicted octanol–water partition coefficient (Wildman–Crippen LogP) is 1.35. The average Bonchev–Trinajstić information content (AvgIpc) is 3.10. The summed E-state index contributed by atoms with van der Waals surface area (Å²) >= 11 is 0. The molecule has 0 spiro atoms. The zero-order valence-electron chi connectivity index (χ0n) is 10.9. The van der Waals surface area contributed by atoms with Gasteiger partial charge < -0.3 is 5.73 Å². The quantitative estimate of drug-likeness (QED) is 0.877. The van der Waals surface area contributed by atoms with Crippen LogP contribution in [0.4, 0.5) is 0 Å². The number of benzene rings is 1. The summed E-state index contributed by atoms with van der Waals surface area (Å²) in [6, 6.07) is 6.94. The van der Waals surface area contributed by atoms with Gasteiger partial charge in [0, 0.05) is 13.6 Å². The Bertz CT molecular complexity index is 518. The molecular weight excluding hydrogens is 248 g/mol. The minimum Gasteiger partial charge on any atom is -0.330 e. The summed E-state index contributed by atoms with van der Waals surface area (Å²) in [7, 11) is -1.75. The zero-order valence-corrected chi connectivity index (χ0v) is 11.7. The third-order valence-electron chi connectivity index (χ3n) is 3.68. The van der Waals surface area contributed by atoms with Crippen molar-refractivity contribution >= 4 is 10.0 Å². The van der Waals surface area contributed by atoms with Crippen molar-refractivity contribution in [1.82, 2.24) is 4.31 Å². The van der Waals surface area contributed by atoms with Crippen molar-refractivity contribution in [2.75, 3.05) is 20.1 Å². The van der Waals surface area contributed by atoms with Crippen molar-refractivity contribution in [3.8, 4) is 0 Å². The van der Waals surface area contributed by atoms with Crippen molar-refractivity contribution in [2.24, 2.45) is 11.1 Å². The van der Waals surface area contributed by atoms with Gasteiger partial charge in [0.15, 0.2) is 0 Å². The fourth-order valence-electron chi connectivity index (χ4n) is 2.05. The van der Waals surface area contributed by atoms with Crippen LogP contribution in [0.1, 0.15) is 18.4 Å². The molecule has 1 aliphatic carbocycles. The normalized spacial score (nSPS) is 18.0. The summed E-state index contributed by atoms with van der Waals surface area (Å²) in [4.78, 5) is 0.350. The van der Waals surface area contributed by atoms with E-state index in [-0.39, 0.29) is 5.41 Å². The summed E-state index contributed by atoms with van der Waals surface area (Å²) in [6.45, 7) is 3.01. The Labute approximate surface area is 109 Å². The first-order chi connectivity index (χ1) is 8.39. The molecule has 0 aromatic heterocycles. The summed E-state index contributed by atoms with van der Waals surface area (Å²) in [6.07, 6.45) is 2.05. The Kier molecular flexibility index (Phi) is 3.49. The third-order valence-corrected chi connectivity index (χ3v) is 5.49. The van der Waals surface area contributed by atoms with Crippen LogP contribution in [0.15, 0.2) is 29.2 Å². The molecule has 1 fully saturated rings. The molecule has 5 heteroatoms. The van der Waals surface area contributed by atoms with Crippen molar-refractivity contribution < 1.29 is 8.42 Å². The smallest absolute Gasteiger partial charge is 0.242 e. The largest absolute Gasteiger partial charge is 0.330 e. The fraction of sp³-hybridized carbons (Fsp3) is 0.538. The lowest BCUT2D eigenvalue weighted by atomic mass is 10.1. The summed E-state index contributed by atoms with van der Waals surface area (Å²) in [5.74, 6) is 0. The first-order valence-corrected chi connectivity index (χ1v) is 7.57. The minimum atomic E-state index is -3.38. The molecular formula is C13H20N2O2S. The first-order valence-electron chi connectivity index (χ1n) is 6.13. The first kappa shape index (κ1) is 13.5. The van der Waals surface area contributed by atoms with Gasteiger partial charge in [-0.05, 0) is 43.9 Å². The van der Waals surface area contributed by atoms with E-state index in [1.54, 1.807) is 19.2 Å². The molecule has 100 valence electrons. The van der Waals surface area contributed by atoms with Gasteiger partial charge >= 0.3 is 0 Å². The van der Waals surface area contributed by atoms with Crippen LogP contribution in [-0.2, 0) is 10.0 Å². The average molecular weight is 268 g/mol. The third kappa shape index (κ3) is 2.58. The Hall–Kier alpha value is -0.910. The van der Waals surface area contributed by atoms with Crippen LogP contribution in [0.2, 0.25) is 0 Å². The molecule has 2 N–H and O–H groups in total. The van der Waals surface area contributed by atoms with Crippen molar-refractivity contribution in [3.05, 3.63) is 29.8 Å². The highest BCUT2D eigenvalue weighted by Crippen LogP contribution is 2.45. The molecule has 2 rings (SSSR count). The molecule has 18 heavy (non-hydrogen) atoms. The number of nitrogens with two attached hydrogens (primary N) is 1. The van der Waals surface area contributed by atoms with Crippen LogP contribution in [0.3, 0.4) is 0 Å². The van der Waals surface area contributed by atoms with E-state index in [1.165, 1.54) is 4.31 Å². The Morgan fingerprint density at radius 3 is 2.28 bits per heavy atom. The Balaban J connectivity index is 2.18. The van der Waals surface area contributed by atoms with Crippen LogP contribution in [-0.4, -0.2) is 32.9 Å². The van der Waals surface area contributed by atoms with E-state index in [1.807, 2.05) is 19.1 Å². The van der Waals surface area contributed by atoms with Gasteiger partial charge in [0.25, 0.3) is 0 Å². The highest BCUT2D eigenvalue weighted by molar-refractivity contribution is 7.89. The Morgan fingerprint density at radius 1 is 1.28 bits per heavy atom. The van der Waals surface area contributed by atoms with Crippen LogP contribution >= 0.6 is 0 Å². The monoisotopic (exact) mass is 268 g/mol. The van der Waals surface area contributed by atoms with Gasteiger partial charge in [-0.25, -0.2) is 12.7 Å². The van der Waals surface area contributed by atoms with E-state index in [0.29, 0.717) is 18.0 Å². The van der Waals surface area contributed by atoms with E-state index < -0.39 is 10.0 Å². The molecule has 4 nitrogen and oxygen atoms in total. The van der Waals surface area contributed by atoms with Crippen LogP contribution in [0.5, 0.6) is 0 Å². The lowest BCUT2D eigenvalue weighted by Gasteiger charge is -2.22. The van der Waals surface area contributed by atoms with E-state index in [0.717, 1.165) is 18.4 Å². The van der Waals surface area contributed by atoms with Gasteiger partial charge in [-0.3, -0.25) is 0 Å². The number of hydrogen-bond acceptors (Lipinski definition) is 3. The molecule has 1 aromatic carbocycles. The maximum absolute atomic E-state index is 12.3. The second-order valence-corrected chi connectivity index (χ2v) is 7.32. The van der Waals surface area contributed by atoms with E-state index in [9.17, 15) is 8.42 Å². The minimum absolute atomic E-state index is 0.0204. The molecule has 1 saturated carbocycles. The molecule has 0 amide bonds. The van der Waals surface area contributed by atoms with Gasteiger partial charge in [-0.2, -0.15) is 0 Å². The number of aryl methyl sites for hydroxylation is 1. The van der Waals surface area contributed by atoms with Gasteiger partial charge in [0.2, 0.25) is 10.0 Å². The zero-order chi connectivity index (χ0) is 13.4. The number of nitrogens with zero attached hydrogens (tertiary/aromatic N) is 1. The molecule has 0 atom stereocenters. The van der Waals surface area contributed by atoms with E-state index in [2.05, 4.69) is 0 Å². The van der Waals surface area contributed by atoms with E-state index in [4.69, 9.17) is 5.73 Å². The topological polar surface area (TPSA) is 63.4 Å². The Morgan fingerprint density at radius 2 is 1.83 bits per heavy atom. The van der Waals surface area contributed by atoms with Gasteiger partial charge in [0.05, 0.1) is 4.90 Å². The highest BCUT2D eigenvalue weighted by Gasteiger charge is 2.43. The second-order valence-electron chi connectivity index (χ2n) is 5.28. The molecule has 1 aromatic rings. The van der Waals surface area contributed by atoms with Gasteiger partial charge in [-0.1, -0.05) is 17.7 Å². The number of rotatable bonds is 5. The molecule has 0 unspecified atom stereocenters. The van der Waals surface area contributed by atoms with Gasteiger partial charge in [-0.15, -0.1) is 0 Å².